The van der Waals surface area contributed by atoms with E-state index in [1.165, 1.54) is 14.3 Å². The number of hydrogen-bond acceptors (Lipinski definition) is 8. The average Bonchev–Trinajstić information content (AvgIpc) is 3.04. The number of ether oxygens (including phenoxy) is 4. The second kappa shape index (κ2) is 9.85. The molecule has 0 aliphatic carbocycles. The third-order valence-corrected chi connectivity index (χ3v) is 6.45. The van der Waals surface area contributed by atoms with Gasteiger partial charge in [0.1, 0.15) is 26.8 Å². The standard InChI is InChI=1S/C14H25B3O7PS/c1-7-12(9(5-19-3)22-13(7)15)24-25(18,26)21-6-10-11(20-4)8(2)14(17-16)23-10/h7-14H,5-6H2,1-4H3,(H,18,26)/p-1/t7-,8-,9+,10+,11?,12?,13+,14+,25?/m0/s1. The van der Waals surface area contributed by atoms with Crippen molar-refractivity contribution in [1.29, 1.82) is 0 Å². The van der Waals surface area contributed by atoms with Crippen LogP contribution in [-0.2, 0) is 39.8 Å². The quantitative estimate of drug-likeness (QED) is 0.372. The van der Waals surface area contributed by atoms with E-state index in [1.807, 2.05) is 13.8 Å². The molecule has 2 rings (SSSR count). The van der Waals surface area contributed by atoms with Gasteiger partial charge in [0.15, 0.2) is 0 Å². The summed E-state index contributed by atoms with van der Waals surface area (Å²) in [4.78, 5) is 12.7. The van der Waals surface area contributed by atoms with E-state index >= 15 is 0 Å². The van der Waals surface area contributed by atoms with Crippen molar-refractivity contribution in [2.75, 3.05) is 27.4 Å². The second-order valence-electron chi connectivity index (χ2n) is 6.66. The summed E-state index contributed by atoms with van der Waals surface area (Å²) in [5, 5.41) is 0. The van der Waals surface area contributed by atoms with Gasteiger partial charge in [0.2, 0.25) is 0 Å². The maximum Gasteiger partial charge on any atom is 0.116 e. The van der Waals surface area contributed by atoms with Crippen molar-refractivity contribution in [3.63, 3.8) is 0 Å². The molecule has 9 atom stereocenters. The average molecular weight is 400 g/mol. The zero-order chi connectivity index (χ0) is 19.5. The van der Waals surface area contributed by atoms with Crippen molar-refractivity contribution in [2.24, 2.45) is 11.8 Å². The van der Waals surface area contributed by atoms with E-state index in [9.17, 15) is 4.89 Å². The van der Waals surface area contributed by atoms with Gasteiger partial charge in [0.25, 0.3) is 0 Å². The van der Waals surface area contributed by atoms with Crippen LogP contribution in [0.5, 0.6) is 0 Å². The first-order chi connectivity index (χ1) is 12.2. The Morgan fingerprint density at radius 3 is 2.35 bits per heavy atom. The first-order valence-corrected chi connectivity index (χ1v) is 11.1. The Kier molecular flexibility index (Phi) is 8.66. The minimum absolute atomic E-state index is 0.0308. The SMILES string of the molecule is [B][B][C@@H]1O[C@H](COP([O-])(=S)OC2[C@@H](COC)O[C@@H]([B])[C@H]2C)C(OC)[C@@H]1C. The lowest BCUT2D eigenvalue weighted by atomic mass is 9.49. The van der Waals surface area contributed by atoms with E-state index < -0.39 is 31.0 Å². The second-order valence-corrected chi connectivity index (χ2v) is 9.36. The highest BCUT2D eigenvalue weighted by atomic mass is 32.5. The highest BCUT2D eigenvalue weighted by Crippen LogP contribution is 2.46. The van der Waals surface area contributed by atoms with E-state index in [-0.39, 0.29) is 37.2 Å². The van der Waals surface area contributed by atoms with Crippen LogP contribution < -0.4 is 4.89 Å². The van der Waals surface area contributed by atoms with Crippen molar-refractivity contribution >= 4 is 41.3 Å². The number of rotatable bonds is 9. The number of hydrogen-bond donors (Lipinski definition) is 0. The van der Waals surface area contributed by atoms with E-state index in [0.29, 0.717) is 0 Å². The van der Waals surface area contributed by atoms with Crippen molar-refractivity contribution in [3.8, 4) is 0 Å². The van der Waals surface area contributed by atoms with Crippen molar-refractivity contribution in [1.82, 2.24) is 0 Å². The van der Waals surface area contributed by atoms with Gasteiger partial charge in [-0.25, -0.2) is 0 Å². The van der Waals surface area contributed by atoms with E-state index in [0.717, 1.165) is 0 Å². The summed E-state index contributed by atoms with van der Waals surface area (Å²) in [6, 6.07) is -0.820. The molecular weight excluding hydrogens is 376 g/mol. The van der Waals surface area contributed by atoms with Gasteiger partial charge in [0, 0.05) is 45.8 Å². The third kappa shape index (κ3) is 5.34. The summed E-state index contributed by atoms with van der Waals surface area (Å²) in [6.45, 7) is 0.228. The summed E-state index contributed by atoms with van der Waals surface area (Å²) in [6.07, 6.45) is -1.75. The lowest BCUT2D eigenvalue weighted by molar-refractivity contribution is -0.216. The Balaban J connectivity index is 1.95. The maximum absolute atomic E-state index is 12.7. The normalized spacial score (nSPS) is 42.7. The van der Waals surface area contributed by atoms with Gasteiger partial charge < -0.3 is 32.9 Å². The van der Waals surface area contributed by atoms with E-state index in [2.05, 4.69) is 0 Å². The third-order valence-electron chi connectivity index (χ3n) is 4.91. The summed E-state index contributed by atoms with van der Waals surface area (Å²) < 4.78 is 32.9. The molecule has 0 aromatic carbocycles. The van der Waals surface area contributed by atoms with Gasteiger partial charge in [-0.15, -0.1) is 0 Å². The lowest BCUT2D eigenvalue weighted by Gasteiger charge is -2.34. The molecule has 0 N–H and O–H groups in total. The van der Waals surface area contributed by atoms with Crippen molar-refractivity contribution in [3.05, 3.63) is 0 Å². The van der Waals surface area contributed by atoms with E-state index in [1.54, 1.807) is 7.11 Å². The topological polar surface area (TPSA) is 78.4 Å². The zero-order valence-electron chi connectivity index (χ0n) is 15.5. The molecule has 12 heteroatoms. The van der Waals surface area contributed by atoms with Gasteiger partial charge >= 0.3 is 0 Å². The van der Waals surface area contributed by atoms with Gasteiger partial charge in [-0.05, 0) is 0 Å². The Labute approximate surface area is 164 Å². The fourth-order valence-electron chi connectivity index (χ4n) is 3.39. The van der Waals surface area contributed by atoms with Gasteiger partial charge in [-0.1, -0.05) is 25.7 Å². The zero-order valence-corrected chi connectivity index (χ0v) is 17.2. The molecule has 0 spiro atoms. The largest absolute Gasteiger partial charge is 0.780 e. The van der Waals surface area contributed by atoms with Crippen LogP contribution in [0.1, 0.15) is 13.8 Å². The molecule has 26 heavy (non-hydrogen) atoms. The maximum atomic E-state index is 12.7. The van der Waals surface area contributed by atoms with Crippen LogP contribution >= 0.6 is 6.72 Å². The van der Waals surface area contributed by atoms with Crippen LogP contribution in [0.4, 0.5) is 0 Å². The van der Waals surface area contributed by atoms with Crippen LogP contribution in [0.15, 0.2) is 0 Å². The molecule has 5 radical (unpaired) electrons. The molecular formula is C14H24B3O7PS-. The van der Waals surface area contributed by atoms with Crippen LogP contribution in [0.25, 0.3) is 0 Å². The first kappa shape index (κ1) is 22.8. The number of methoxy groups -OCH3 is 2. The molecule has 0 amide bonds. The minimum Gasteiger partial charge on any atom is -0.780 e. The molecule has 0 aromatic rings. The highest BCUT2D eigenvalue weighted by molar-refractivity contribution is 8.06. The van der Waals surface area contributed by atoms with Crippen LogP contribution in [0, 0.1) is 11.8 Å². The summed E-state index contributed by atoms with van der Waals surface area (Å²) in [7, 11) is 16.1. The Morgan fingerprint density at radius 2 is 1.77 bits per heavy atom. The van der Waals surface area contributed by atoms with E-state index in [4.69, 9.17) is 55.4 Å². The summed E-state index contributed by atoms with van der Waals surface area (Å²) >= 11 is 5.05. The minimum atomic E-state index is -3.79. The van der Waals surface area contributed by atoms with Crippen molar-refractivity contribution < 1.29 is 32.9 Å². The summed E-state index contributed by atoms with van der Waals surface area (Å²) in [5.74, 6) is -0.169. The van der Waals surface area contributed by atoms with Crippen LogP contribution in [-0.4, -0.2) is 86.6 Å². The Hall–Kier alpha value is 0.565. The molecule has 143 valence electrons. The predicted octanol–water partition coefficient (Wildman–Crippen LogP) is -0.687. The monoisotopic (exact) mass is 400 g/mol. The molecule has 2 heterocycles. The van der Waals surface area contributed by atoms with Crippen LogP contribution in [0.2, 0.25) is 0 Å². The molecule has 0 saturated carbocycles. The molecule has 2 aliphatic heterocycles. The lowest BCUT2D eigenvalue weighted by Crippen LogP contribution is -2.35. The first-order valence-electron chi connectivity index (χ1n) is 8.51. The molecule has 0 aromatic heterocycles. The molecule has 2 saturated heterocycles. The molecule has 7 nitrogen and oxygen atoms in total. The summed E-state index contributed by atoms with van der Waals surface area (Å²) in [5.41, 5.74) is 0. The Bertz CT molecular complexity index is 505. The molecule has 0 bridgehead atoms. The van der Waals surface area contributed by atoms with Crippen molar-refractivity contribution in [2.45, 2.75) is 50.3 Å². The molecule has 3 unspecified atom stereocenters. The van der Waals surface area contributed by atoms with Gasteiger partial charge in [-0.3, -0.25) is 0 Å². The molecule has 2 fully saturated rings. The van der Waals surface area contributed by atoms with Gasteiger partial charge in [-0.2, -0.15) is 0 Å². The Morgan fingerprint density at radius 1 is 1.12 bits per heavy atom. The highest BCUT2D eigenvalue weighted by Gasteiger charge is 2.43. The molecule has 2 aliphatic rings. The fourth-order valence-corrected chi connectivity index (χ4v) is 4.88. The smallest absolute Gasteiger partial charge is 0.116 e. The fraction of sp³-hybridized carbons (Fsp3) is 1.00. The van der Waals surface area contributed by atoms with Gasteiger partial charge in [0.05, 0.1) is 32.6 Å². The predicted molar refractivity (Wildman–Crippen MR) is 101 cm³/mol. The van der Waals surface area contributed by atoms with Crippen LogP contribution in [0.3, 0.4) is 0 Å².